The highest BCUT2D eigenvalue weighted by Gasteiger charge is 2.12. The van der Waals surface area contributed by atoms with Gasteiger partial charge in [0, 0.05) is 24.7 Å². The molecule has 108 valence electrons. The SMILES string of the molecule is CSc1nccc(N(C)Cc2noc3cc(F)ccc23)n1. The highest BCUT2D eigenvalue weighted by Crippen LogP contribution is 2.22. The fraction of sp³-hybridized carbons (Fsp3) is 0.214. The normalized spacial score (nSPS) is 11.0. The van der Waals surface area contributed by atoms with Crippen molar-refractivity contribution in [3.8, 4) is 0 Å². The van der Waals surface area contributed by atoms with Crippen LogP contribution in [-0.2, 0) is 6.54 Å². The number of hydrogen-bond donors (Lipinski definition) is 0. The second-order valence-electron chi connectivity index (χ2n) is 4.53. The minimum absolute atomic E-state index is 0.334. The lowest BCUT2D eigenvalue weighted by Crippen LogP contribution is -2.18. The molecule has 2 aromatic heterocycles. The van der Waals surface area contributed by atoms with E-state index in [-0.39, 0.29) is 5.82 Å². The molecule has 0 fully saturated rings. The number of hydrogen-bond acceptors (Lipinski definition) is 6. The monoisotopic (exact) mass is 304 g/mol. The Balaban J connectivity index is 1.87. The van der Waals surface area contributed by atoms with Crippen LogP contribution >= 0.6 is 11.8 Å². The number of halogens is 1. The van der Waals surface area contributed by atoms with Gasteiger partial charge in [0.05, 0.1) is 6.54 Å². The van der Waals surface area contributed by atoms with Crippen LogP contribution in [0.15, 0.2) is 40.1 Å². The highest BCUT2D eigenvalue weighted by molar-refractivity contribution is 7.98. The van der Waals surface area contributed by atoms with Crippen LogP contribution in [0.3, 0.4) is 0 Å². The number of aromatic nitrogens is 3. The summed E-state index contributed by atoms with van der Waals surface area (Å²) in [6, 6.07) is 6.25. The van der Waals surface area contributed by atoms with E-state index in [0.29, 0.717) is 17.3 Å². The third kappa shape index (κ3) is 2.82. The molecular formula is C14H13FN4OS. The predicted octanol–water partition coefficient (Wildman–Crippen LogP) is 3.12. The average Bonchev–Trinajstić information content (AvgIpc) is 2.89. The third-order valence-electron chi connectivity index (χ3n) is 3.09. The molecule has 2 heterocycles. The molecule has 1 aromatic carbocycles. The Morgan fingerprint density at radius 3 is 3.00 bits per heavy atom. The molecule has 0 amide bonds. The summed E-state index contributed by atoms with van der Waals surface area (Å²) in [6.07, 6.45) is 3.65. The maximum Gasteiger partial charge on any atom is 0.189 e. The Kier molecular flexibility index (Phi) is 3.74. The van der Waals surface area contributed by atoms with Crippen LogP contribution in [-0.4, -0.2) is 28.4 Å². The lowest BCUT2D eigenvalue weighted by molar-refractivity contribution is 0.444. The highest BCUT2D eigenvalue weighted by atomic mass is 32.2. The van der Waals surface area contributed by atoms with Gasteiger partial charge in [-0.05, 0) is 24.5 Å². The standard InChI is InChI=1S/C14H13FN4OS/c1-19(13-5-6-16-14(17-13)21-2)8-11-10-4-3-9(15)7-12(10)20-18-11/h3-7H,8H2,1-2H3. The summed E-state index contributed by atoms with van der Waals surface area (Å²) < 4.78 is 18.3. The average molecular weight is 304 g/mol. The molecular weight excluding hydrogens is 291 g/mol. The Bertz CT molecular complexity index is 777. The first kappa shape index (κ1) is 13.8. The van der Waals surface area contributed by atoms with Crippen LogP contribution in [0.5, 0.6) is 0 Å². The quantitative estimate of drug-likeness (QED) is 0.545. The molecule has 3 aromatic rings. The smallest absolute Gasteiger partial charge is 0.189 e. The second-order valence-corrected chi connectivity index (χ2v) is 5.30. The van der Waals surface area contributed by atoms with Crippen molar-refractivity contribution >= 4 is 28.5 Å². The van der Waals surface area contributed by atoms with E-state index in [1.165, 1.54) is 23.9 Å². The van der Waals surface area contributed by atoms with E-state index >= 15 is 0 Å². The Hall–Kier alpha value is -2.15. The summed E-state index contributed by atoms with van der Waals surface area (Å²) in [4.78, 5) is 10.5. The molecule has 5 nitrogen and oxygen atoms in total. The van der Waals surface area contributed by atoms with Crippen molar-refractivity contribution in [1.82, 2.24) is 15.1 Å². The molecule has 7 heteroatoms. The Morgan fingerprint density at radius 1 is 1.33 bits per heavy atom. The maximum absolute atomic E-state index is 13.1. The summed E-state index contributed by atoms with van der Waals surface area (Å²) >= 11 is 1.49. The predicted molar refractivity (Wildman–Crippen MR) is 79.9 cm³/mol. The molecule has 0 atom stereocenters. The van der Waals surface area contributed by atoms with Crippen LogP contribution in [0.4, 0.5) is 10.2 Å². The molecule has 0 radical (unpaired) electrons. The van der Waals surface area contributed by atoms with Gasteiger partial charge in [0.1, 0.15) is 17.3 Å². The van der Waals surface area contributed by atoms with Crippen molar-refractivity contribution in [2.75, 3.05) is 18.2 Å². The fourth-order valence-electron chi connectivity index (χ4n) is 2.03. The van der Waals surface area contributed by atoms with Gasteiger partial charge in [-0.1, -0.05) is 16.9 Å². The molecule has 0 N–H and O–H groups in total. The molecule has 0 aliphatic rings. The molecule has 0 aliphatic carbocycles. The van der Waals surface area contributed by atoms with Crippen molar-refractivity contribution in [2.45, 2.75) is 11.7 Å². The summed E-state index contributed by atoms with van der Waals surface area (Å²) in [7, 11) is 1.91. The lowest BCUT2D eigenvalue weighted by Gasteiger charge is -2.16. The second kappa shape index (κ2) is 5.69. The summed E-state index contributed by atoms with van der Waals surface area (Å²) in [5, 5.41) is 5.53. The number of nitrogens with zero attached hydrogens (tertiary/aromatic N) is 4. The summed E-state index contributed by atoms with van der Waals surface area (Å²) in [6.45, 7) is 0.517. The van der Waals surface area contributed by atoms with Crippen LogP contribution in [0.2, 0.25) is 0 Å². The van der Waals surface area contributed by atoms with Crippen molar-refractivity contribution in [1.29, 1.82) is 0 Å². The van der Waals surface area contributed by atoms with E-state index in [9.17, 15) is 4.39 Å². The number of thioether (sulfide) groups is 1. The Morgan fingerprint density at radius 2 is 2.19 bits per heavy atom. The zero-order chi connectivity index (χ0) is 14.8. The first-order valence-corrected chi connectivity index (χ1v) is 7.52. The first-order valence-electron chi connectivity index (χ1n) is 6.29. The molecule has 0 spiro atoms. The first-order chi connectivity index (χ1) is 10.2. The van der Waals surface area contributed by atoms with E-state index in [1.807, 2.05) is 24.3 Å². The minimum Gasteiger partial charge on any atom is -0.356 e. The molecule has 3 rings (SSSR count). The van der Waals surface area contributed by atoms with Crippen molar-refractivity contribution in [3.05, 3.63) is 42.0 Å². The van der Waals surface area contributed by atoms with E-state index in [4.69, 9.17) is 4.52 Å². The fourth-order valence-corrected chi connectivity index (χ4v) is 2.38. The van der Waals surface area contributed by atoms with Gasteiger partial charge in [0.15, 0.2) is 10.7 Å². The van der Waals surface area contributed by atoms with Crippen LogP contribution in [0, 0.1) is 5.82 Å². The minimum atomic E-state index is -0.334. The zero-order valence-corrected chi connectivity index (χ0v) is 12.4. The van der Waals surface area contributed by atoms with Crippen molar-refractivity contribution < 1.29 is 8.91 Å². The summed E-state index contributed by atoms with van der Waals surface area (Å²) in [5.74, 6) is 0.464. The van der Waals surface area contributed by atoms with E-state index in [0.717, 1.165) is 16.9 Å². The largest absolute Gasteiger partial charge is 0.356 e. The van der Waals surface area contributed by atoms with E-state index < -0.39 is 0 Å². The van der Waals surface area contributed by atoms with Gasteiger partial charge in [-0.3, -0.25) is 0 Å². The number of benzene rings is 1. The summed E-state index contributed by atoms with van der Waals surface area (Å²) in [5.41, 5.74) is 1.20. The number of rotatable bonds is 4. The van der Waals surface area contributed by atoms with Gasteiger partial charge in [0.2, 0.25) is 0 Å². The van der Waals surface area contributed by atoms with Gasteiger partial charge in [-0.2, -0.15) is 0 Å². The van der Waals surface area contributed by atoms with Crippen molar-refractivity contribution in [3.63, 3.8) is 0 Å². The van der Waals surface area contributed by atoms with Gasteiger partial charge in [-0.15, -0.1) is 0 Å². The third-order valence-corrected chi connectivity index (χ3v) is 3.65. The molecule has 0 saturated carbocycles. The van der Waals surface area contributed by atoms with Crippen LogP contribution in [0.1, 0.15) is 5.69 Å². The maximum atomic E-state index is 13.1. The molecule has 0 saturated heterocycles. The van der Waals surface area contributed by atoms with Gasteiger partial charge >= 0.3 is 0 Å². The van der Waals surface area contributed by atoms with Gasteiger partial charge < -0.3 is 9.42 Å². The topological polar surface area (TPSA) is 55.1 Å². The molecule has 0 bridgehead atoms. The number of anilines is 1. The van der Waals surface area contributed by atoms with Crippen LogP contribution < -0.4 is 4.90 Å². The molecule has 0 aliphatic heterocycles. The van der Waals surface area contributed by atoms with Crippen molar-refractivity contribution in [2.24, 2.45) is 0 Å². The molecule has 21 heavy (non-hydrogen) atoms. The van der Waals surface area contributed by atoms with Crippen LogP contribution in [0.25, 0.3) is 11.0 Å². The van der Waals surface area contributed by atoms with E-state index in [1.54, 1.807) is 12.3 Å². The Labute approximate surface area is 125 Å². The lowest BCUT2D eigenvalue weighted by atomic mass is 10.2. The number of fused-ring (bicyclic) bond motifs is 1. The molecule has 0 unspecified atom stereocenters. The van der Waals surface area contributed by atoms with E-state index in [2.05, 4.69) is 15.1 Å². The zero-order valence-electron chi connectivity index (χ0n) is 11.6. The van der Waals surface area contributed by atoms with Gasteiger partial charge in [-0.25, -0.2) is 14.4 Å². The van der Waals surface area contributed by atoms with Gasteiger partial charge in [0.25, 0.3) is 0 Å².